The molecular weight excluding hydrogens is 423 g/mol. The summed E-state index contributed by atoms with van der Waals surface area (Å²) in [6.45, 7) is 0.973. The molecule has 2 heterocycles. The number of carbonyl (C=O) groups is 2. The zero-order valence-electron chi connectivity index (χ0n) is 14.3. The molecule has 0 aromatic heterocycles. The van der Waals surface area contributed by atoms with Gasteiger partial charge >= 0.3 is 0 Å². The van der Waals surface area contributed by atoms with E-state index in [1.165, 1.54) is 6.07 Å². The van der Waals surface area contributed by atoms with Crippen molar-refractivity contribution in [3.63, 3.8) is 0 Å². The molecule has 0 fully saturated rings. The van der Waals surface area contributed by atoms with Gasteiger partial charge in [-0.05, 0) is 53.5 Å². The summed E-state index contributed by atoms with van der Waals surface area (Å²) in [5.41, 5.74) is 3.91. The van der Waals surface area contributed by atoms with Crippen LogP contribution in [0.3, 0.4) is 0 Å². The number of likely N-dealkylation sites (N-methyl/N-ethyl adjacent to an activating group) is 1. The summed E-state index contributed by atoms with van der Waals surface area (Å²) in [4.78, 5) is 27.4. The van der Waals surface area contributed by atoms with E-state index < -0.39 is 5.92 Å². The van der Waals surface area contributed by atoms with Gasteiger partial charge < -0.3 is 5.32 Å². The van der Waals surface area contributed by atoms with Crippen molar-refractivity contribution in [1.82, 2.24) is 10.2 Å². The smallest absolute Gasteiger partial charge is 0.175 e. The third-order valence-corrected chi connectivity index (χ3v) is 5.69. The number of carbonyl (C=O) groups excluding carboxylic acids is 2. The lowest BCUT2D eigenvalue weighted by Crippen LogP contribution is -2.44. The summed E-state index contributed by atoms with van der Waals surface area (Å²) in [6.07, 6.45) is 2.11. The molecule has 1 aromatic carbocycles. The van der Waals surface area contributed by atoms with E-state index in [0.29, 0.717) is 35.1 Å². The van der Waals surface area contributed by atoms with Crippen LogP contribution in [0.15, 0.2) is 45.2 Å². The third-order valence-electron chi connectivity index (χ3n) is 5.08. The summed E-state index contributed by atoms with van der Waals surface area (Å²) < 4.78 is 14.1. The van der Waals surface area contributed by atoms with Crippen LogP contribution in [0.25, 0.3) is 0 Å². The Morgan fingerprint density at radius 2 is 1.85 bits per heavy atom. The van der Waals surface area contributed by atoms with E-state index in [1.807, 2.05) is 11.9 Å². The van der Waals surface area contributed by atoms with E-state index in [-0.39, 0.29) is 29.8 Å². The summed E-state index contributed by atoms with van der Waals surface area (Å²) >= 11 is 3.23. The maximum Gasteiger partial charge on any atom is 0.175 e. The van der Waals surface area contributed by atoms with Crippen LogP contribution in [0.4, 0.5) is 4.39 Å². The Morgan fingerprint density at radius 1 is 1.12 bits per heavy atom. The Morgan fingerprint density at radius 3 is 2.58 bits per heavy atom. The lowest BCUT2D eigenvalue weighted by atomic mass is 9.73. The molecule has 138 valence electrons. The average molecular weight is 442 g/mol. The van der Waals surface area contributed by atoms with Crippen molar-refractivity contribution in [2.75, 3.05) is 20.1 Å². The minimum absolute atomic E-state index is 0. The van der Waals surface area contributed by atoms with E-state index in [9.17, 15) is 14.0 Å². The van der Waals surface area contributed by atoms with Crippen molar-refractivity contribution < 1.29 is 14.0 Å². The molecule has 1 atom stereocenters. The van der Waals surface area contributed by atoms with Crippen molar-refractivity contribution in [1.29, 1.82) is 0 Å². The van der Waals surface area contributed by atoms with E-state index in [1.54, 1.807) is 12.1 Å². The Balaban J connectivity index is 0.00000196. The van der Waals surface area contributed by atoms with Crippen molar-refractivity contribution >= 4 is 39.9 Å². The molecule has 0 bridgehead atoms. The fraction of sp³-hybridized carbons (Fsp3) is 0.368. The normalized spacial score (nSPS) is 23.3. The predicted octanol–water partition coefficient (Wildman–Crippen LogP) is 3.47. The number of dihydropyridines is 1. The van der Waals surface area contributed by atoms with Gasteiger partial charge in [0.1, 0.15) is 5.82 Å². The molecule has 2 aliphatic heterocycles. The Labute approximate surface area is 166 Å². The van der Waals surface area contributed by atoms with Crippen molar-refractivity contribution in [2.45, 2.75) is 25.2 Å². The summed E-state index contributed by atoms with van der Waals surface area (Å²) in [5.74, 6) is -0.660. The zero-order chi connectivity index (χ0) is 17.7. The van der Waals surface area contributed by atoms with Gasteiger partial charge in [-0.1, -0.05) is 6.07 Å². The quantitative estimate of drug-likeness (QED) is 0.725. The highest BCUT2D eigenvalue weighted by atomic mass is 79.9. The molecule has 1 N–H and O–H groups in total. The van der Waals surface area contributed by atoms with Gasteiger partial charge in [0, 0.05) is 41.4 Å². The molecule has 0 amide bonds. The number of hydrogen-bond donors (Lipinski definition) is 1. The van der Waals surface area contributed by atoms with Crippen LogP contribution >= 0.6 is 28.3 Å². The fourth-order valence-electron chi connectivity index (χ4n) is 4.03. The van der Waals surface area contributed by atoms with Gasteiger partial charge in [-0.25, -0.2) is 4.39 Å². The number of hydrogen-bond acceptors (Lipinski definition) is 4. The molecule has 0 radical (unpaired) electrons. The first-order chi connectivity index (χ1) is 12.0. The first-order valence-corrected chi connectivity index (χ1v) is 9.18. The number of nitrogens with one attached hydrogen (secondary N) is 1. The maximum absolute atomic E-state index is 13.7. The van der Waals surface area contributed by atoms with Gasteiger partial charge in [0.05, 0.1) is 11.0 Å². The zero-order valence-corrected chi connectivity index (χ0v) is 16.7. The van der Waals surface area contributed by atoms with Gasteiger partial charge in [-0.15, -0.1) is 12.4 Å². The van der Waals surface area contributed by atoms with Gasteiger partial charge in [0.25, 0.3) is 0 Å². The lowest BCUT2D eigenvalue weighted by molar-refractivity contribution is -0.117. The number of rotatable bonds is 1. The lowest BCUT2D eigenvalue weighted by Gasteiger charge is -2.39. The molecule has 1 aliphatic carbocycles. The molecule has 26 heavy (non-hydrogen) atoms. The monoisotopic (exact) mass is 440 g/mol. The Kier molecular flexibility index (Phi) is 5.37. The Bertz CT molecular complexity index is 865. The fourth-order valence-corrected chi connectivity index (χ4v) is 4.43. The number of allylic oxidation sites excluding steroid dienone is 2. The highest BCUT2D eigenvalue weighted by Gasteiger charge is 2.41. The summed E-state index contributed by atoms with van der Waals surface area (Å²) in [5, 5.41) is 3.36. The first kappa shape index (κ1) is 19.3. The molecular formula is C19H19BrClFN2O2. The van der Waals surface area contributed by atoms with Crippen LogP contribution in [0.5, 0.6) is 0 Å². The number of Topliss-reactive ketones (excluding diaryl/α,β-unsaturated/α-hetero) is 2. The second-order valence-electron chi connectivity index (χ2n) is 6.89. The van der Waals surface area contributed by atoms with Crippen LogP contribution in [0, 0.1) is 5.82 Å². The van der Waals surface area contributed by atoms with Crippen molar-refractivity contribution in [3.8, 4) is 0 Å². The molecule has 0 saturated heterocycles. The van der Waals surface area contributed by atoms with Crippen LogP contribution in [-0.2, 0) is 9.59 Å². The van der Waals surface area contributed by atoms with E-state index in [0.717, 1.165) is 29.8 Å². The molecule has 4 nitrogen and oxygen atoms in total. The van der Waals surface area contributed by atoms with Gasteiger partial charge in [-0.3, -0.25) is 14.5 Å². The molecule has 7 heteroatoms. The highest BCUT2D eigenvalue weighted by molar-refractivity contribution is 9.10. The van der Waals surface area contributed by atoms with E-state index in [4.69, 9.17) is 0 Å². The number of ketones is 2. The molecule has 0 spiro atoms. The number of benzene rings is 1. The Hall–Kier alpha value is -1.50. The highest BCUT2D eigenvalue weighted by Crippen LogP contribution is 2.44. The molecule has 3 aliphatic rings. The van der Waals surface area contributed by atoms with Crippen LogP contribution < -0.4 is 5.32 Å². The van der Waals surface area contributed by atoms with Gasteiger partial charge in [-0.2, -0.15) is 0 Å². The number of nitrogens with zero attached hydrogens (tertiary/aromatic N) is 1. The second-order valence-corrected chi connectivity index (χ2v) is 7.74. The van der Waals surface area contributed by atoms with Crippen molar-refractivity contribution in [3.05, 3.63) is 56.6 Å². The minimum Gasteiger partial charge on any atom is -0.360 e. The largest absolute Gasteiger partial charge is 0.360 e. The first-order valence-electron chi connectivity index (χ1n) is 8.38. The van der Waals surface area contributed by atoms with Crippen LogP contribution in [-0.4, -0.2) is 36.6 Å². The molecule has 1 unspecified atom stereocenters. The van der Waals surface area contributed by atoms with E-state index in [2.05, 4.69) is 21.2 Å². The predicted molar refractivity (Wildman–Crippen MR) is 103 cm³/mol. The molecule has 1 aromatic rings. The van der Waals surface area contributed by atoms with Gasteiger partial charge in [0.15, 0.2) is 11.6 Å². The molecule has 4 rings (SSSR count). The topological polar surface area (TPSA) is 49.4 Å². The maximum atomic E-state index is 13.7. The summed E-state index contributed by atoms with van der Waals surface area (Å²) in [6, 6.07) is 4.75. The third kappa shape index (κ3) is 3.15. The SMILES string of the molecule is CN1CC(=O)C2=C(C1)NC1=C(C(=O)CCC1)C2c1ccc(F)c(Br)c1.Cl. The van der Waals surface area contributed by atoms with Gasteiger partial charge in [0.2, 0.25) is 0 Å². The standard InChI is InChI=1S/C19H18BrFN2O2.ClH/c1-23-8-14-19(16(25)9-23)17(10-5-6-12(21)11(20)7-10)18-13(22-14)3-2-4-15(18)24;/h5-7,17,22H,2-4,8-9H2,1H3;1H. The van der Waals surface area contributed by atoms with Crippen LogP contribution in [0.1, 0.15) is 30.7 Å². The minimum atomic E-state index is -0.405. The summed E-state index contributed by atoms with van der Waals surface area (Å²) in [7, 11) is 1.91. The second kappa shape index (κ2) is 7.25. The van der Waals surface area contributed by atoms with E-state index >= 15 is 0 Å². The van der Waals surface area contributed by atoms with Crippen molar-refractivity contribution in [2.24, 2.45) is 0 Å². The molecule has 0 saturated carbocycles. The van der Waals surface area contributed by atoms with Crippen LogP contribution in [0.2, 0.25) is 0 Å². The average Bonchev–Trinajstić information content (AvgIpc) is 2.55. The number of halogens is 3.